The van der Waals surface area contributed by atoms with Crippen molar-refractivity contribution in [3.8, 4) is 0 Å². The topological polar surface area (TPSA) is 181 Å². The highest BCUT2D eigenvalue weighted by molar-refractivity contribution is 7.90. The van der Waals surface area contributed by atoms with Crippen molar-refractivity contribution in [1.82, 2.24) is 14.5 Å². The number of carboxylic acids is 1. The first-order valence-corrected chi connectivity index (χ1v) is 21.9. The second-order valence-electron chi connectivity index (χ2n) is 14.8. The molecule has 3 rings (SSSR count). The molecule has 1 aromatic rings. The van der Waals surface area contributed by atoms with Crippen LogP contribution in [0.1, 0.15) is 59.8 Å². The number of carbonyl (C=O) groups is 2. The summed E-state index contributed by atoms with van der Waals surface area (Å²) in [6.07, 6.45) is -3.63. The van der Waals surface area contributed by atoms with Crippen LogP contribution in [-0.4, -0.2) is 75.6 Å². The standard InChI is InChI=1S/C28H47N3O11SSi2/c1-17-14-31(25(36)30(8)23(17)35)24-22(41-45(11,12)27(5,6)7)28(19(40-24)15-39-44(9,10)26(2,3)4)18(16-43(37,38)42-28)29-20(32)13-21(33)34/h14,16,19,22,24H,13,15H2,1-12H3,(H,29,32)(H,33,34)/t19-,22+,24-,28-/m1/s1. The lowest BCUT2D eigenvalue weighted by Crippen LogP contribution is -2.60. The van der Waals surface area contributed by atoms with E-state index in [0.29, 0.717) is 5.41 Å². The van der Waals surface area contributed by atoms with Gasteiger partial charge in [0.1, 0.15) is 18.6 Å². The van der Waals surface area contributed by atoms with E-state index in [1.165, 1.54) is 20.2 Å². The lowest BCUT2D eigenvalue weighted by Gasteiger charge is -2.44. The van der Waals surface area contributed by atoms with Gasteiger partial charge >= 0.3 is 11.7 Å². The third-order valence-electron chi connectivity index (χ3n) is 9.37. The maximum absolute atomic E-state index is 13.6. The van der Waals surface area contributed by atoms with Crippen LogP contribution in [0.2, 0.25) is 36.3 Å². The number of rotatable bonds is 9. The molecule has 2 N–H and O–H groups in total. The number of carbonyl (C=O) groups excluding carboxylic acids is 1. The van der Waals surface area contributed by atoms with E-state index in [-0.39, 0.29) is 22.9 Å². The monoisotopic (exact) mass is 689 g/mol. The molecule has 0 unspecified atom stereocenters. The number of hydrogen-bond acceptors (Lipinski definition) is 10. The summed E-state index contributed by atoms with van der Waals surface area (Å²) in [5.41, 5.74) is -3.45. The number of amides is 1. The molecule has 4 atom stereocenters. The Kier molecular flexibility index (Phi) is 9.87. The average Bonchev–Trinajstić information content (AvgIpc) is 3.28. The molecule has 17 heteroatoms. The maximum Gasteiger partial charge on any atom is 0.332 e. The number of ether oxygens (including phenoxy) is 1. The first-order valence-electron chi connectivity index (χ1n) is 14.6. The van der Waals surface area contributed by atoms with Gasteiger partial charge in [-0.05, 0) is 43.2 Å². The SMILES string of the molecule is Cc1cn([C@@H]2O[C@H](CO[Si](C)(C)C(C)(C)C)[C@@]3(OS(=O)(=O)C=C3NC(=O)CC(=O)O)[C@H]2O[Si](C)(C)C(C)(C)C)c(=O)n(C)c1=O. The van der Waals surface area contributed by atoms with E-state index >= 15 is 0 Å². The lowest BCUT2D eigenvalue weighted by molar-refractivity contribution is -0.140. The number of hydrogen-bond donors (Lipinski definition) is 2. The van der Waals surface area contributed by atoms with Gasteiger partial charge in [0.05, 0.1) is 17.7 Å². The molecule has 1 amide bonds. The molecular formula is C28H47N3O11SSi2. The van der Waals surface area contributed by atoms with Crippen LogP contribution < -0.4 is 16.6 Å². The summed E-state index contributed by atoms with van der Waals surface area (Å²) in [5.74, 6) is -2.42. The number of aryl methyl sites for hydroxylation is 1. The fourth-order valence-corrected chi connectivity index (χ4v) is 8.20. The average molecular weight is 690 g/mol. The Balaban J connectivity index is 2.37. The molecular weight excluding hydrogens is 643 g/mol. The van der Waals surface area contributed by atoms with Crippen LogP contribution in [0.5, 0.6) is 0 Å². The van der Waals surface area contributed by atoms with Crippen molar-refractivity contribution in [2.75, 3.05) is 6.61 Å². The van der Waals surface area contributed by atoms with Crippen molar-refractivity contribution < 1.29 is 40.9 Å². The van der Waals surface area contributed by atoms with E-state index in [4.69, 9.17) is 17.8 Å². The summed E-state index contributed by atoms with van der Waals surface area (Å²) >= 11 is 0. The van der Waals surface area contributed by atoms with E-state index in [9.17, 15) is 32.7 Å². The number of nitrogens with zero attached hydrogens (tertiary/aromatic N) is 2. The minimum absolute atomic E-state index is 0.215. The van der Waals surface area contributed by atoms with Gasteiger partial charge in [0.15, 0.2) is 28.5 Å². The molecule has 45 heavy (non-hydrogen) atoms. The highest BCUT2D eigenvalue weighted by atomic mass is 32.2. The molecule has 254 valence electrons. The van der Waals surface area contributed by atoms with Crippen molar-refractivity contribution in [2.24, 2.45) is 7.05 Å². The molecule has 2 aliphatic heterocycles. The summed E-state index contributed by atoms with van der Waals surface area (Å²) in [7, 11) is -8.54. The van der Waals surface area contributed by atoms with E-state index < -0.39 is 85.4 Å². The van der Waals surface area contributed by atoms with Crippen molar-refractivity contribution in [3.63, 3.8) is 0 Å². The van der Waals surface area contributed by atoms with Crippen molar-refractivity contribution in [2.45, 2.75) is 115 Å². The van der Waals surface area contributed by atoms with Gasteiger partial charge in [0, 0.05) is 18.8 Å². The second kappa shape index (κ2) is 12.0. The highest BCUT2D eigenvalue weighted by Gasteiger charge is 2.68. The molecule has 0 aliphatic carbocycles. The zero-order valence-corrected chi connectivity index (χ0v) is 30.9. The zero-order valence-electron chi connectivity index (χ0n) is 28.1. The quantitative estimate of drug-likeness (QED) is 0.221. The maximum atomic E-state index is 13.6. The van der Waals surface area contributed by atoms with Gasteiger partial charge < -0.3 is 24.0 Å². The Morgan fingerprint density at radius 2 is 1.62 bits per heavy atom. The van der Waals surface area contributed by atoms with Crippen LogP contribution in [0.15, 0.2) is 26.9 Å². The summed E-state index contributed by atoms with van der Waals surface area (Å²) in [5, 5.41) is 11.7. The Morgan fingerprint density at radius 3 is 2.13 bits per heavy atom. The number of aromatic nitrogens is 2. The molecule has 0 aromatic carbocycles. The summed E-state index contributed by atoms with van der Waals surface area (Å²) in [6.45, 7) is 21.1. The second-order valence-corrected chi connectivity index (χ2v) is 25.7. The minimum atomic E-state index is -4.49. The van der Waals surface area contributed by atoms with Gasteiger partial charge in [-0.1, -0.05) is 41.5 Å². The fraction of sp³-hybridized carbons (Fsp3) is 0.714. The van der Waals surface area contributed by atoms with Crippen LogP contribution in [-0.2, 0) is 44.5 Å². The van der Waals surface area contributed by atoms with Gasteiger partial charge in [-0.15, -0.1) is 0 Å². The fourth-order valence-electron chi connectivity index (χ4n) is 4.66. The van der Waals surface area contributed by atoms with Crippen LogP contribution in [0, 0.1) is 6.92 Å². The van der Waals surface area contributed by atoms with Gasteiger partial charge in [-0.3, -0.25) is 23.5 Å². The lowest BCUT2D eigenvalue weighted by atomic mass is 9.89. The molecule has 0 bridgehead atoms. The van der Waals surface area contributed by atoms with Crippen LogP contribution in [0.25, 0.3) is 0 Å². The normalized spacial score (nSPS) is 25.4. The molecule has 1 fully saturated rings. The largest absolute Gasteiger partial charge is 0.481 e. The number of nitrogens with one attached hydrogen (secondary N) is 1. The number of aliphatic carboxylic acids is 1. The zero-order chi connectivity index (χ0) is 34.7. The Labute approximate surface area is 266 Å². The van der Waals surface area contributed by atoms with Crippen molar-refractivity contribution >= 4 is 38.6 Å². The molecule has 2 aliphatic rings. The third-order valence-corrected chi connectivity index (χ3v) is 19.4. The first kappa shape index (κ1) is 37.0. The van der Waals surface area contributed by atoms with Gasteiger partial charge in [-0.2, -0.15) is 8.42 Å². The van der Waals surface area contributed by atoms with Crippen LogP contribution in [0.4, 0.5) is 0 Å². The summed E-state index contributed by atoms with van der Waals surface area (Å²) < 4.78 is 54.4. The molecule has 14 nitrogen and oxygen atoms in total. The highest BCUT2D eigenvalue weighted by Crippen LogP contribution is 2.52. The predicted molar refractivity (Wildman–Crippen MR) is 171 cm³/mol. The summed E-state index contributed by atoms with van der Waals surface area (Å²) in [4.78, 5) is 50.4. The van der Waals surface area contributed by atoms with E-state index in [1.807, 2.05) is 67.7 Å². The Hall–Kier alpha value is -2.42. The van der Waals surface area contributed by atoms with Gasteiger partial charge in [0.2, 0.25) is 5.91 Å². The predicted octanol–water partition coefficient (Wildman–Crippen LogP) is 2.70. The minimum Gasteiger partial charge on any atom is -0.481 e. The third kappa shape index (κ3) is 7.13. The smallest absolute Gasteiger partial charge is 0.332 e. The Morgan fingerprint density at radius 1 is 1.07 bits per heavy atom. The molecule has 1 spiro atoms. The van der Waals surface area contributed by atoms with Crippen molar-refractivity contribution in [3.05, 3.63) is 43.7 Å². The van der Waals surface area contributed by atoms with E-state index in [1.54, 1.807) is 0 Å². The molecule has 3 heterocycles. The Bertz CT molecular complexity index is 1620. The van der Waals surface area contributed by atoms with Crippen LogP contribution in [0.3, 0.4) is 0 Å². The first-order chi connectivity index (χ1) is 20.2. The van der Waals surface area contributed by atoms with Crippen molar-refractivity contribution in [1.29, 1.82) is 0 Å². The van der Waals surface area contributed by atoms with Crippen LogP contribution >= 0.6 is 0 Å². The molecule has 1 saturated heterocycles. The van der Waals surface area contributed by atoms with E-state index in [2.05, 4.69) is 5.32 Å². The van der Waals surface area contributed by atoms with E-state index in [0.717, 1.165) is 9.13 Å². The molecule has 0 saturated carbocycles. The summed E-state index contributed by atoms with van der Waals surface area (Å²) in [6, 6.07) is 0. The number of carboxylic acid groups (broad SMARTS) is 1. The molecule has 1 aromatic heterocycles. The molecule has 0 radical (unpaired) electrons. The van der Waals surface area contributed by atoms with Gasteiger partial charge in [-0.25, -0.2) is 8.98 Å². The van der Waals surface area contributed by atoms with Gasteiger partial charge in [0.25, 0.3) is 15.7 Å².